The Hall–Kier alpha value is -2.90. The van der Waals surface area contributed by atoms with E-state index in [0.29, 0.717) is 34.4 Å². The zero-order chi connectivity index (χ0) is 20.3. The van der Waals surface area contributed by atoms with Crippen LogP contribution in [0.15, 0.2) is 36.5 Å². The number of fused-ring (bicyclic) bond motifs is 1. The molecule has 2 heterocycles. The van der Waals surface area contributed by atoms with E-state index in [-0.39, 0.29) is 5.91 Å². The molecule has 0 fully saturated rings. The van der Waals surface area contributed by atoms with Gasteiger partial charge in [-0.3, -0.25) is 9.48 Å². The normalized spacial score (nSPS) is 11.8. The Kier molecular flexibility index (Phi) is 5.67. The van der Waals surface area contributed by atoms with Crippen LogP contribution in [0, 0.1) is 0 Å². The molecule has 148 valence electrons. The molecule has 0 bridgehead atoms. The molecular weight excluding hydrogens is 369 g/mol. The number of hydrogen-bond donors (Lipinski definition) is 1. The fourth-order valence-corrected chi connectivity index (χ4v) is 2.95. The third-order valence-electron chi connectivity index (χ3n) is 4.52. The van der Waals surface area contributed by atoms with Gasteiger partial charge in [0, 0.05) is 19.2 Å². The Labute approximate surface area is 160 Å². The van der Waals surface area contributed by atoms with Crippen molar-refractivity contribution in [3.05, 3.63) is 47.7 Å². The number of amides is 1. The molecule has 0 aliphatic carbocycles. The van der Waals surface area contributed by atoms with Gasteiger partial charge in [0.25, 0.3) is 5.91 Å². The Morgan fingerprint density at radius 2 is 1.89 bits per heavy atom. The maximum Gasteiger partial charge on any atom is 0.416 e. The van der Waals surface area contributed by atoms with Crippen LogP contribution in [0.2, 0.25) is 0 Å². The van der Waals surface area contributed by atoms with Crippen LogP contribution in [0.3, 0.4) is 0 Å². The third-order valence-corrected chi connectivity index (χ3v) is 4.52. The number of rotatable bonds is 6. The van der Waals surface area contributed by atoms with Crippen LogP contribution in [0.1, 0.15) is 42.1 Å². The first kappa shape index (κ1) is 19.9. The highest BCUT2D eigenvalue weighted by Crippen LogP contribution is 2.31. The van der Waals surface area contributed by atoms with E-state index >= 15 is 0 Å². The number of unbranched alkanes of at least 4 members (excludes halogenated alkanes) is 2. The standard InChI is InChI=1S/C20H21F3N4O/c1-3-4-5-10-24-19(28)15-11-17(26-18-16(15)12-25-27(18)2)13-6-8-14(9-7-13)20(21,22)23/h6-9,11-12H,3-5,10H2,1-2H3,(H,24,28). The minimum atomic E-state index is -4.40. The highest BCUT2D eigenvalue weighted by atomic mass is 19.4. The van der Waals surface area contributed by atoms with Crippen molar-refractivity contribution in [1.29, 1.82) is 0 Å². The third kappa shape index (κ3) is 4.16. The van der Waals surface area contributed by atoms with Gasteiger partial charge in [0.1, 0.15) is 0 Å². The lowest BCUT2D eigenvalue weighted by molar-refractivity contribution is -0.137. The van der Waals surface area contributed by atoms with Crippen molar-refractivity contribution in [3.8, 4) is 11.3 Å². The lowest BCUT2D eigenvalue weighted by Gasteiger charge is -2.10. The summed E-state index contributed by atoms with van der Waals surface area (Å²) in [5.74, 6) is -0.246. The predicted octanol–water partition coefficient (Wildman–Crippen LogP) is 4.57. The molecule has 1 amide bonds. The van der Waals surface area contributed by atoms with Gasteiger partial charge in [-0.05, 0) is 24.6 Å². The van der Waals surface area contributed by atoms with Crippen molar-refractivity contribution in [2.24, 2.45) is 7.05 Å². The number of nitrogens with zero attached hydrogens (tertiary/aromatic N) is 3. The molecule has 3 rings (SSSR count). The molecule has 1 N–H and O–H groups in total. The van der Waals surface area contributed by atoms with Crippen molar-refractivity contribution in [2.45, 2.75) is 32.4 Å². The molecule has 1 aromatic carbocycles. The molecule has 0 saturated carbocycles. The van der Waals surface area contributed by atoms with Gasteiger partial charge in [-0.25, -0.2) is 4.98 Å². The van der Waals surface area contributed by atoms with Crippen LogP contribution in [0.4, 0.5) is 13.2 Å². The van der Waals surface area contributed by atoms with E-state index in [1.807, 2.05) is 0 Å². The Morgan fingerprint density at radius 1 is 1.18 bits per heavy atom. The number of halogens is 3. The number of nitrogens with one attached hydrogen (secondary N) is 1. The van der Waals surface area contributed by atoms with Crippen molar-refractivity contribution >= 4 is 16.9 Å². The zero-order valence-corrected chi connectivity index (χ0v) is 15.7. The van der Waals surface area contributed by atoms with Crippen LogP contribution in [-0.2, 0) is 13.2 Å². The summed E-state index contributed by atoms with van der Waals surface area (Å²) in [5, 5.41) is 7.65. The Bertz CT molecular complexity index is 978. The monoisotopic (exact) mass is 390 g/mol. The molecule has 0 spiro atoms. The summed E-state index contributed by atoms with van der Waals surface area (Å²) in [6.07, 6.45) is 0.127. The SMILES string of the molecule is CCCCCNC(=O)c1cc(-c2ccc(C(F)(F)F)cc2)nc2c1cnn2C. The van der Waals surface area contributed by atoms with E-state index in [1.165, 1.54) is 16.8 Å². The van der Waals surface area contributed by atoms with Crippen molar-refractivity contribution in [3.63, 3.8) is 0 Å². The van der Waals surface area contributed by atoms with Gasteiger partial charge < -0.3 is 5.32 Å². The molecule has 5 nitrogen and oxygen atoms in total. The quantitative estimate of drug-likeness (QED) is 0.627. The minimum absolute atomic E-state index is 0.246. The second-order valence-electron chi connectivity index (χ2n) is 6.60. The average Bonchev–Trinajstić information content (AvgIpc) is 3.05. The zero-order valence-electron chi connectivity index (χ0n) is 15.7. The minimum Gasteiger partial charge on any atom is -0.352 e. The van der Waals surface area contributed by atoms with Gasteiger partial charge in [0.05, 0.1) is 28.4 Å². The lowest BCUT2D eigenvalue weighted by Crippen LogP contribution is -2.24. The highest BCUT2D eigenvalue weighted by Gasteiger charge is 2.30. The Balaban J connectivity index is 1.97. The fraction of sp³-hybridized carbons (Fsp3) is 0.350. The summed E-state index contributed by atoms with van der Waals surface area (Å²) >= 11 is 0. The average molecular weight is 390 g/mol. The van der Waals surface area contributed by atoms with Crippen molar-refractivity contribution in [2.75, 3.05) is 6.54 Å². The van der Waals surface area contributed by atoms with E-state index in [4.69, 9.17) is 0 Å². The summed E-state index contributed by atoms with van der Waals surface area (Å²) in [6, 6.07) is 6.33. The lowest BCUT2D eigenvalue weighted by atomic mass is 10.0. The largest absolute Gasteiger partial charge is 0.416 e. The Morgan fingerprint density at radius 3 is 2.54 bits per heavy atom. The summed E-state index contributed by atoms with van der Waals surface area (Å²) in [7, 11) is 1.70. The van der Waals surface area contributed by atoms with Gasteiger partial charge in [-0.2, -0.15) is 18.3 Å². The first-order chi connectivity index (χ1) is 13.3. The topological polar surface area (TPSA) is 59.8 Å². The number of alkyl halides is 3. The van der Waals surface area contributed by atoms with Crippen molar-refractivity contribution in [1.82, 2.24) is 20.1 Å². The maximum absolute atomic E-state index is 12.8. The van der Waals surface area contributed by atoms with Gasteiger partial charge in [0.2, 0.25) is 0 Å². The smallest absolute Gasteiger partial charge is 0.352 e. The number of hydrogen-bond acceptors (Lipinski definition) is 3. The van der Waals surface area contributed by atoms with Gasteiger partial charge >= 0.3 is 6.18 Å². The molecule has 0 aliphatic rings. The predicted molar refractivity (Wildman–Crippen MR) is 101 cm³/mol. The molecule has 0 saturated heterocycles. The number of aromatic nitrogens is 3. The molecule has 0 unspecified atom stereocenters. The molecule has 0 atom stereocenters. The van der Waals surface area contributed by atoms with E-state index in [2.05, 4.69) is 22.3 Å². The van der Waals surface area contributed by atoms with Crippen molar-refractivity contribution < 1.29 is 18.0 Å². The fourth-order valence-electron chi connectivity index (χ4n) is 2.95. The number of aryl methyl sites for hydroxylation is 1. The van der Waals surface area contributed by atoms with Crippen LogP contribution >= 0.6 is 0 Å². The summed E-state index contributed by atoms with van der Waals surface area (Å²) < 4.78 is 40.0. The van der Waals surface area contributed by atoms with Gasteiger partial charge in [-0.15, -0.1) is 0 Å². The molecule has 2 aromatic heterocycles. The van der Waals surface area contributed by atoms with Gasteiger partial charge in [0.15, 0.2) is 5.65 Å². The molecular formula is C20H21F3N4O. The second-order valence-corrected chi connectivity index (χ2v) is 6.60. The molecule has 0 radical (unpaired) electrons. The molecule has 28 heavy (non-hydrogen) atoms. The van der Waals surface area contributed by atoms with Crippen LogP contribution in [0.25, 0.3) is 22.3 Å². The van der Waals surface area contributed by atoms with Crippen LogP contribution < -0.4 is 5.32 Å². The van der Waals surface area contributed by atoms with E-state index in [9.17, 15) is 18.0 Å². The highest BCUT2D eigenvalue weighted by molar-refractivity contribution is 6.06. The van der Waals surface area contributed by atoms with Crippen LogP contribution in [0.5, 0.6) is 0 Å². The number of carbonyl (C=O) groups is 1. The van der Waals surface area contributed by atoms with Crippen LogP contribution in [-0.4, -0.2) is 27.2 Å². The molecule has 8 heteroatoms. The first-order valence-electron chi connectivity index (χ1n) is 9.10. The maximum atomic E-state index is 12.8. The number of pyridine rings is 1. The first-order valence-corrected chi connectivity index (χ1v) is 9.10. The summed E-state index contributed by atoms with van der Waals surface area (Å²) in [4.78, 5) is 17.2. The number of carbonyl (C=O) groups excluding carboxylic acids is 1. The second kappa shape index (κ2) is 8.00. The molecule has 0 aliphatic heterocycles. The summed E-state index contributed by atoms with van der Waals surface area (Å²) in [5.41, 5.74) is 1.09. The van der Waals surface area contributed by atoms with E-state index in [0.717, 1.165) is 31.4 Å². The molecule has 3 aromatic rings. The van der Waals surface area contributed by atoms with E-state index < -0.39 is 11.7 Å². The number of benzene rings is 1. The summed E-state index contributed by atoms with van der Waals surface area (Å²) in [6.45, 7) is 2.65. The van der Waals surface area contributed by atoms with E-state index in [1.54, 1.807) is 19.3 Å². The van der Waals surface area contributed by atoms with Gasteiger partial charge in [-0.1, -0.05) is 31.9 Å².